The van der Waals surface area contributed by atoms with Crippen molar-refractivity contribution in [3.05, 3.63) is 11.3 Å². The summed E-state index contributed by atoms with van der Waals surface area (Å²) in [5.74, 6) is 1.13. The summed E-state index contributed by atoms with van der Waals surface area (Å²) in [7, 11) is 1.99. The molecule has 2 fully saturated rings. The molecule has 0 atom stereocenters. The number of aliphatic hydroxyl groups is 1. The molecule has 1 aromatic rings. The highest BCUT2D eigenvalue weighted by Gasteiger charge is 2.37. The van der Waals surface area contributed by atoms with Gasteiger partial charge in [-0.2, -0.15) is 5.10 Å². The number of anilines is 1. The quantitative estimate of drug-likeness (QED) is 0.890. The fourth-order valence-corrected chi connectivity index (χ4v) is 4.09. The molecule has 0 amide bonds. The molecule has 0 bridgehead atoms. The zero-order valence-corrected chi connectivity index (χ0v) is 12.2. The third-order valence-electron chi connectivity index (χ3n) is 5.26. The molecule has 0 radical (unpaired) electrons. The van der Waals surface area contributed by atoms with Crippen molar-refractivity contribution in [2.24, 2.45) is 12.5 Å². The van der Waals surface area contributed by atoms with E-state index in [1.807, 2.05) is 18.7 Å². The molecule has 0 aromatic carbocycles. The summed E-state index contributed by atoms with van der Waals surface area (Å²) in [5, 5.41) is 14.0. The van der Waals surface area contributed by atoms with E-state index < -0.39 is 0 Å². The van der Waals surface area contributed by atoms with Crippen LogP contribution >= 0.6 is 0 Å². The molecule has 1 aliphatic heterocycles. The van der Waals surface area contributed by atoms with Crippen LogP contribution in [0.2, 0.25) is 0 Å². The second kappa shape index (κ2) is 4.82. The normalized spacial score (nSPS) is 22.4. The largest absolute Gasteiger partial charge is 0.391 e. The Bertz CT molecular complexity index is 450. The molecular weight excluding hydrogens is 238 g/mol. The summed E-state index contributed by atoms with van der Waals surface area (Å²) < 4.78 is 1.94. The smallest absolute Gasteiger partial charge is 0.132 e. The van der Waals surface area contributed by atoms with Crippen LogP contribution in [0, 0.1) is 12.3 Å². The van der Waals surface area contributed by atoms with E-state index in [0.717, 1.165) is 30.2 Å². The minimum absolute atomic E-state index is 0.0939. The van der Waals surface area contributed by atoms with E-state index in [0.29, 0.717) is 5.41 Å². The Kier molecular flexibility index (Phi) is 3.29. The maximum absolute atomic E-state index is 9.57. The van der Waals surface area contributed by atoms with Gasteiger partial charge in [-0.3, -0.25) is 4.68 Å². The van der Waals surface area contributed by atoms with Crippen LogP contribution in [0.5, 0.6) is 0 Å². The number of nitrogens with zero attached hydrogens (tertiary/aromatic N) is 3. The van der Waals surface area contributed by atoms with Crippen LogP contribution < -0.4 is 4.90 Å². The summed E-state index contributed by atoms with van der Waals surface area (Å²) in [6.45, 7) is 4.31. The third-order valence-corrected chi connectivity index (χ3v) is 5.26. The van der Waals surface area contributed by atoms with E-state index in [9.17, 15) is 5.11 Å². The first-order chi connectivity index (χ1) is 9.15. The summed E-state index contributed by atoms with van der Waals surface area (Å²) in [5.41, 5.74) is 2.61. The van der Waals surface area contributed by atoms with Gasteiger partial charge in [0, 0.05) is 25.7 Å². The van der Waals surface area contributed by atoms with Gasteiger partial charge in [-0.15, -0.1) is 0 Å². The van der Waals surface area contributed by atoms with Crippen molar-refractivity contribution in [3.63, 3.8) is 0 Å². The Balaban J connectivity index is 1.78. The van der Waals surface area contributed by atoms with Gasteiger partial charge in [0.25, 0.3) is 0 Å². The fourth-order valence-electron chi connectivity index (χ4n) is 4.09. The lowest BCUT2D eigenvalue weighted by Crippen LogP contribution is -2.40. The van der Waals surface area contributed by atoms with Crippen molar-refractivity contribution < 1.29 is 5.11 Å². The van der Waals surface area contributed by atoms with Crippen molar-refractivity contribution in [2.45, 2.75) is 52.1 Å². The van der Waals surface area contributed by atoms with E-state index in [1.54, 1.807) is 0 Å². The van der Waals surface area contributed by atoms with E-state index in [1.165, 1.54) is 38.5 Å². The fraction of sp³-hybridized carbons (Fsp3) is 0.800. The van der Waals surface area contributed by atoms with Crippen molar-refractivity contribution in [1.82, 2.24) is 9.78 Å². The van der Waals surface area contributed by atoms with Gasteiger partial charge in [0.2, 0.25) is 0 Å². The second-order valence-corrected chi connectivity index (χ2v) is 6.36. The average Bonchev–Trinajstić information content (AvgIpc) is 2.96. The minimum atomic E-state index is 0.0939. The van der Waals surface area contributed by atoms with Crippen LogP contribution in [0.1, 0.15) is 49.8 Å². The first-order valence-corrected chi connectivity index (χ1v) is 7.53. The summed E-state index contributed by atoms with van der Waals surface area (Å²) in [4.78, 5) is 2.43. The SMILES string of the molecule is Cc1nn(C)c(N2CCC3(CCCC3)CC2)c1CO. The van der Waals surface area contributed by atoms with Crippen molar-refractivity contribution in [2.75, 3.05) is 18.0 Å². The molecule has 1 saturated heterocycles. The van der Waals surface area contributed by atoms with E-state index >= 15 is 0 Å². The van der Waals surface area contributed by atoms with Gasteiger partial charge in [0.05, 0.1) is 12.3 Å². The van der Waals surface area contributed by atoms with Gasteiger partial charge in [-0.05, 0) is 38.0 Å². The first kappa shape index (κ1) is 13.0. The average molecular weight is 263 g/mol. The van der Waals surface area contributed by atoms with Crippen molar-refractivity contribution in [1.29, 1.82) is 0 Å². The summed E-state index contributed by atoms with van der Waals surface area (Å²) in [6.07, 6.45) is 8.32. The van der Waals surface area contributed by atoms with Gasteiger partial charge in [-0.1, -0.05) is 12.8 Å². The van der Waals surface area contributed by atoms with Gasteiger partial charge in [0.15, 0.2) is 0 Å². The maximum Gasteiger partial charge on any atom is 0.132 e. The Labute approximate surface area is 115 Å². The van der Waals surface area contributed by atoms with E-state index in [-0.39, 0.29) is 6.61 Å². The topological polar surface area (TPSA) is 41.3 Å². The second-order valence-electron chi connectivity index (χ2n) is 6.36. The first-order valence-electron chi connectivity index (χ1n) is 7.53. The number of piperidine rings is 1. The Morgan fingerprint density at radius 3 is 2.37 bits per heavy atom. The minimum Gasteiger partial charge on any atom is -0.391 e. The Morgan fingerprint density at radius 1 is 1.16 bits per heavy atom. The number of rotatable bonds is 2. The predicted molar refractivity (Wildman–Crippen MR) is 76.2 cm³/mol. The lowest BCUT2D eigenvalue weighted by atomic mass is 9.77. The highest BCUT2D eigenvalue weighted by Crippen LogP contribution is 2.46. The molecule has 106 valence electrons. The van der Waals surface area contributed by atoms with Crippen LogP contribution in [0.4, 0.5) is 5.82 Å². The Morgan fingerprint density at radius 2 is 1.79 bits per heavy atom. The van der Waals surface area contributed by atoms with Crippen molar-refractivity contribution >= 4 is 5.82 Å². The van der Waals surface area contributed by atoms with Gasteiger partial charge >= 0.3 is 0 Å². The molecule has 19 heavy (non-hydrogen) atoms. The number of aromatic nitrogens is 2. The molecule has 1 aromatic heterocycles. The zero-order chi connectivity index (χ0) is 13.5. The molecule has 1 aliphatic carbocycles. The van der Waals surface area contributed by atoms with Crippen LogP contribution in [0.25, 0.3) is 0 Å². The van der Waals surface area contributed by atoms with Crippen LogP contribution in [0.15, 0.2) is 0 Å². The third kappa shape index (κ3) is 2.16. The molecule has 3 rings (SSSR count). The van der Waals surface area contributed by atoms with Gasteiger partial charge < -0.3 is 10.0 Å². The summed E-state index contributed by atoms with van der Waals surface area (Å²) in [6, 6.07) is 0. The maximum atomic E-state index is 9.57. The highest BCUT2D eigenvalue weighted by atomic mass is 16.3. The summed E-state index contributed by atoms with van der Waals surface area (Å²) >= 11 is 0. The van der Waals surface area contributed by atoms with E-state index in [4.69, 9.17) is 0 Å². The lowest BCUT2D eigenvalue weighted by Gasteiger charge is -2.40. The Hall–Kier alpha value is -1.03. The number of aliphatic hydroxyl groups excluding tert-OH is 1. The number of aryl methyl sites for hydroxylation is 2. The number of hydrogen-bond donors (Lipinski definition) is 1. The molecule has 1 spiro atoms. The molecule has 2 heterocycles. The van der Waals surface area contributed by atoms with Crippen LogP contribution in [0.3, 0.4) is 0 Å². The predicted octanol–water partition coefficient (Wildman–Crippen LogP) is 2.38. The van der Waals surface area contributed by atoms with Crippen LogP contribution in [-0.2, 0) is 13.7 Å². The van der Waals surface area contributed by atoms with Gasteiger partial charge in [0.1, 0.15) is 5.82 Å². The van der Waals surface area contributed by atoms with Crippen LogP contribution in [-0.4, -0.2) is 28.0 Å². The molecule has 0 unspecified atom stereocenters. The van der Waals surface area contributed by atoms with Gasteiger partial charge in [-0.25, -0.2) is 0 Å². The van der Waals surface area contributed by atoms with Crippen molar-refractivity contribution in [3.8, 4) is 0 Å². The molecular formula is C15H25N3O. The molecule has 1 saturated carbocycles. The standard InChI is InChI=1S/C15H25N3O/c1-12-13(11-19)14(17(2)16-12)18-9-7-15(8-10-18)5-3-4-6-15/h19H,3-11H2,1-2H3. The number of hydrogen-bond acceptors (Lipinski definition) is 3. The zero-order valence-electron chi connectivity index (χ0n) is 12.2. The lowest BCUT2D eigenvalue weighted by molar-refractivity contribution is 0.224. The molecule has 4 heteroatoms. The molecule has 4 nitrogen and oxygen atoms in total. The van der Waals surface area contributed by atoms with E-state index in [2.05, 4.69) is 10.00 Å². The highest BCUT2D eigenvalue weighted by molar-refractivity contribution is 5.50. The monoisotopic (exact) mass is 263 g/mol. The molecule has 2 aliphatic rings. The molecule has 1 N–H and O–H groups in total.